The Morgan fingerprint density at radius 2 is 2.12 bits per heavy atom. The molecule has 6 heteroatoms. The van der Waals surface area contributed by atoms with E-state index in [4.69, 9.17) is 5.73 Å². The molecule has 0 fully saturated rings. The molecule has 3 nitrogen and oxygen atoms in total. The molecule has 0 saturated heterocycles. The minimum Gasteiger partial charge on any atom is -0.406 e. The summed E-state index contributed by atoms with van der Waals surface area (Å²) in [6, 6.07) is 5.39. The van der Waals surface area contributed by atoms with Gasteiger partial charge in [0.25, 0.3) is 0 Å². The quantitative estimate of drug-likeness (QED) is 0.654. The summed E-state index contributed by atoms with van der Waals surface area (Å²) in [6.07, 6.45) is -3.27. The average molecular weight is 246 g/mol. The molecule has 1 aromatic rings. The van der Waals surface area contributed by atoms with Gasteiger partial charge in [0, 0.05) is 12.5 Å². The topological polar surface area (TPSA) is 47.6 Å². The van der Waals surface area contributed by atoms with Gasteiger partial charge in [0.15, 0.2) is 0 Å². The third-order valence-electron chi connectivity index (χ3n) is 1.83. The molecule has 94 valence electrons. The van der Waals surface area contributed by atoms with Gasteiger partial charge in [0.2, 0.25) is 0 Å². The third-order valence-corrected chi connectivity index (χ3v) is 1.83. The molecule has 0 aliphatic heterocycles. The van der Waals surface area contributed by atoms with Crippen molar-refractivity contribution in [2.24, 2.45) is 10.7 Å². The van der Waals surface area contributed by atoms with Gasteiger partial charge in [-0.05, 0) is 18.6 Å². The zero-order chi connectivity index (χ0) is 12.9. The average Bonchev–Trinajstić information content (AvgIpc) is 2.15. The number of halogens is 3. The largest absolute Gasteiger partial charge is 0.573 e. The maximum absolute atomic E-state index is 12.0. The molecule has 0 bridgehead atoms. The molecular weight excluding hydrogens is 233 g/mol. The highest BCUT2D eigenvalue weighted by Gasteiger charge is 2.31. The number of amidine groups is 1. The Morgan fingerprint density at radius 1 is 1.41 bits per heavy atom. The standard InChI is InChI=1S/C11H13F3N2O/c1-2-4-10(15)16-8-5-3-6-9(7-8)17-11(12,13)14/h3,5-7H,2,4H2,1H3,(H2,15,16). The maximum Gasteiger partial charge on any atom is 0.573 e. The molecule has 1 aromatic carbocycles. The number of hydrogen-bond acceptors (Lipinski definition) is 2. The van der Waals surface area contributed by atoms with Gasteiger partial charge >= 0.3 is 6.36 Å². The lowest BCUT2D eigenvalue weighted by Crippen LogP contribution is -2.17. The first-order valence-corrected chi connectivity index (χ1v) is 5.09. The van der Waals surface area contributed by atoms with Gasteiger partial charge in [-0.1, -0.05) is 13.0 Å². The number of nitrogens with zero attached hydrogens (tertiary/aromatic N) is 1. The molecule has 0 aromatic heterocycles. The van der Waals surface area contributed by atoms with Gasteiger partial charge in [0.1, 0.15) is 5.75 Å². The number of alkyl halides is 3. The smallest absolute Gasteiger partial charge is 0.406 e. The van der Waals surface area contributed by atoms with E-state index in [9.17, 15) is 13.2 Å². The van der Waals surface area contributed by atoms with Gasteiger partial charge in [-0.3, -0.25) is 0 Å². The van der Waals surface area contributed by atoms with Crippen LogP contribution in [-0.2, 0) is 0 Å². The monoisotopic (exact) mass is 246 g/mol. The number of rotatable bonds is 4. The highest BCUT2D eigenvalue weighted by molar-refractivity contribution is 5.83. The number of hydrogen-bond donors (Lipinski definition) is 1. The summed E-state index contributed by atoms with van der Waals surface area (Å²) in [4.78, 5) is 3.99. The maximum atomic E-state index is 12.0. The molecule has 0 spiro atoms. The van der Waals surface area contributed by atoms with Crippen LogP contribution in [0.5, 0.6) is 5.75 Å². The van der Waals surface area contributed by atoms with E-state index in [1.54, 1.807) is 6.07 Å². The number of ether oxygens (including phenoxy) is 1. The van der Waals surface area contributed by atoms with E-state index in [0.29, 0.717) is 17.9 Å². The first-order valence-electron chi connectivity index (χ1n) is 5.09. The number of aliphatic imine (C=N–C) groups is 1. The van der Waals surface area contributed by atoms with Gasteiger partial charge < -0.3 is 10.5 Å². The lowest BCUT2D eigenvalue weighted by atomic mass is 10.3. The van der Waals surface area contributed by atoms with E-state index in [1.807, 2.05) is 6.92 Å². The Labute approximate surface area is 97.1 Å². The van der Waals surface area contributed by atoms with E-state index in [-0.39, 0.29) is 5.75 Å². The minimum absolute atomic E-state index is 0.303. The Hall–Kier alpha value is -1.72. The SMILES string of the molecule is CCCC(N)=Nc1cccc(OC(F)(F)F)c1. The second-order valence-corrected chi connectivity index (χ2v) is 3.40. The Kier molecular flexibility index (Phi) is 4.37. The summed E-state index contributed by atoms with van der Waals surface area (Å²) < 4.78 is 39.7. The second-order valence-electron chi connectivity index (χ2n) is 3.40. The molecule has 2 N–H and O–H groups in total. The van der Waals surface area contributed by atoms with Gasteiger partial charge in [0.05, 0.1) is 11.5 Å². The molecule has 0 unspecified atom stereocenters. The summed E-state index contributed by atoms with van der Waals surface area (Å²) in [7, 11) is 0. The van der Waals surface area contributed by atoms with Crippen LogP contribution in [0.15, 0.2) is 29.3 Å². The van der Waals surface area contributed by atoms with Crippen LogP contribution in [0.1, 0.15) is 19.8 Å². The van der Waals surface area contributed by atoms with Crippen LogP contribution in [0.2, 0.25) is 0 Å². The van der Waals surface area contributed by atoms with Crippen LogP contribution in [0.3, 0.4) is 0 Å². The summed E-state index contributed by atoms with van der Waals surface area (Å²) in [5.74, 6) is 0.0831. The molecule has 0 amide bonds. The molecule has 0 saturated carbocycles. The predicted molar refractivity (Wildman–Crippen MR) is 59.3 cm³/mol. The molecule has 17 heavy (non-hydrogen) atoms. The first-order chi connectivity index (χ1) is 7.90. The van der Waals surface area contributed by atoms with Gasteiger partial charge in [-0.2, -0.15) is 0 Å². The van der Waals surface area contributed by atoms with Crippen molar-refractivity contribution in [3.63, 3.8) is 0 Å². The molecule has 0 aliphatic carbocycles. The second kappa shape index (κ2) is 5.56. The highest BCUT2D eigenvalue weighted by atomic mass is 19.4. The molecule has 1 rings (SSSR count). The van der Waals surface area contributed by atoms with E-state index in [2.05, 4.69) is 9.73 Å². The summed E-state index contributed by atoms with van der Waals surface area (Å²) in [6.45, 7) is 1.94. The molecular formula is C11H13F3N2O. The van der Waals surface area contributed by atoms with Crippen molar-refractivity contribution in [2.75, 3.05) is 0 Å². The molecule has 0 radical (unpaired) electrons. The first kappa shape index (κ1) is 13.3. The van der Waals surface area contributed by atoms with E-state index < -0.39 is 6.36 Å². The van der Waals surface area contributed by atoms with E-state index >= 15 is 0 Å². The lowest BCUT2D eigenvalue weighted by molar-refractivity contribution is -0.274. The lowest BCUT2D eigenvalue weighted by Gasteiger charge is -2.08. The predicted octanol–water partition coefficient (Wildman–Crippen LogP) is 3.37. The van der Waals surface area contributed by atoms with Crippen molar-refractivity contribution in [1.29, 1.82) is 0 Å². The Balaban J connectivity index is 2.83. The van der Waals surface area contributed by atoms with Gasteiger partial charge in [-0.15, -0.1) is 13.2 Å². The zero-order valence-electron chi connectivity index (χ0n) is 9.29. The summed E-state index contributed by atoms with van der Waals surface area (Å²) in [5.41, 5.74) is 5.93. The number of benzene rings is 1. The Bertz CT molecular complexity index is 402. The van der Waals surface area contributed by atoms with Crippen LogP contribution in [0, 0.1) is 0 Å². The minimum atomic E-state index is -4.70. The van der Waals surface area contributed by atoms with Crippen LogP contribution in [0.4, 0.5) is 18.9 Å². The fraction of sp³-hybridized carbons (Fsp3) is 0.364. The molecule has 0 heterocycles. The van der Waals surface area contributed by atoms with Crippen LogP contribution in [-0.4, -0.2) is 12.2 Å². The fourth-order valence-electron chi connectivity index (χ4n) is 1.23. The van der Waals surface area contributed by atoms with Crippen LogP contribution < -0.4 is 10.5 Å². The van der Waals surface area contributed by atoms with Crippen molar-refractivity contribution in [2.45, 2.75) is 26.1 Å². The summed E-state index contributed by atoms with van der Waals surface area (Å²) >= 11 is 0. The van der Waals surface area contributed by atoms with Gasteiger partial charge in [-0.25, -0.2) is 4.99 Å². The van der Waals surface area contributed by atoms with Crippen molar-refractivity contribution >= 4 is 11.5 Å². The molecule has 0 aliphatic rings. The highest BCUT2D eigenvalue weighted by Crippen LogP contribution is 2.26. The van der Waals surface area contributed by atoms with E-state index in [1.165, 1.54) is 18.2 Å². The zero-order valence-corrected chi connectivity index (χ0v) is 9.29. The number of nitrogens with two attached hydrogens (primary N) is 1. The van der Waals surface area contributed by atoms with E-state index in [0.717, 1.165) is 6.42 Å². The van der Waals surface area contributed by atoms with Crippen molar-refractivity contribution in [3.05, 3.63) is 24.3 Å². The van der Waals surface area contributed by atoms with Crippen molar-refractivity contribution in [3.8, 4) is 5.75 Å². The van der Waals surface area contributed by atoms with Crippen molar-refractivity contribution in [1.82, 2.24) is 0 Å². The molecule has 0 atom stereocenters. The van der Waals surface area contributed by atoms with Crippen molar-refractivity contribution < 1.29 is 17.9 Å². The fourth-order valence-corrected chi connectivity index (χ4v) is 1.23. The Morgan fingerprint density at radius 3 is 2.71 bits per heavy atom. The summed E-state index contributed by atoms with van der Waals surface area (Å²) in [5, 5.41) is 0. The van der Waals surface area contributed by atoms with Crippen LogP contribution >= 0.6 is 0 Å². The normalized spacial score (nSPS) is 12.6. The third kappa shape index (κ3) is 5.24. The van der Waals surface area contributed by atoms with Crippen LogP contribution in [0.25, 0.3) is 0 Å².